The van der Waals surface area contributed by atoms with Gasteiger partial charge in [-0.3, -0.25) is 19.2 Å². The largest absolute Gasteiger partial charge is 0.460 e. The summed E-state index contributed by atoms with van der Waals surface area (Å²) in [5.74, 6) is -7.96. The molecule has 2 bridgehead atoms. The van der Waals surface area contributed by atoms with Crippen molar-refractivity contribution < 1.29 is 63.0 Å². The molecule has 1 saturated carbocycles. The van der Waals surface area contributed by atoms with E-state index in [1.54, 1.807) is 41.1 Å². The Labute approximate surface area is 387 Å². The lowest BCUT2D eigenvalue weighted by atomic mass is 9.78. The molecular formula is C51H79NO13. The number of ether oxygens (including phenoxy) is 5. The first-order valence-corrected chi connectivity index (χ1v) is 23.9. The van der Waals surface area contributed by atoms with Crippen LogP contribution in [-0.2, 0) is 47.7 Å². The molecule has 14 nitrogen and oxygen atoms in total. The van der Waals surface area contributed by atoms with Crippen LogP contribution in [0.3, 0.4) is 0 Å². The monoisotopic (exact) mass is 914 g/mol. The number of rotatable bonds is 6. The van der Waals surface area contributed by atoms with E-state index in [9.17, 15) is 39.3 Å². The van der Waals surface area contributed by atoms with Gasteiger partial charge in [-0.2, -0.15) is 0 Å². The Morgan fingerprint density at radius 2 is 1.57 bits per heavy atom. The molecule has 3 fully saturated rings. The van der Waals surface area contributed by atoms with Crippen molar-refractivity contribution in [3.05, 3.63) is 47.6 Å². The fraction of sp³-hybridized carbons (Fsp3) is 0.745. The topological polar surface area (TPSA) is 195 Å². The van der Waals surface area contributed by atoms with E-state index in [4.69, 9.17) is 23.7 Å². The van der Waals surface area contributed by atoms with Crippen LogP contribution in [0.15, 0.2) is 47.6 Å². The van der Waals surface area contributed by atoms with Crippen LogP contribution < -0.4 is 0 Å². The minimum absolute atomic E-state index is 0.0193. The quantitative estimate of drug-likeness (QED) is 0.156. The van der Waals surface area contributed by atoms with Crippen LogP contribution in [0.1, 0.15) is 126 Å². The van der Waals surface area contributed by atoms with Gasteiger partial charge in [0.2, 0.25) is 5.79 Å². The maximum atomic E-state index is 14.4. The Hall–Kier alpha value is -3.37. The van der Waals surface area contributed by atoms with E-state index in [1.807, 2.05) is 58.1 Å². The third kappa shape index (κ3) is 14.3. The molecule has 1 amide bonds. The first kappa shape index (κ1) is 54.2. The van der Waals surface area contributed by atoms with Gasteiger partial charge in [0.1, 0.15) is 30.1 Å². The molecule has 0 spiro atoms. The van der Waals surface area contributed by atoms with Crippen molar-refractivity contribution in [1.82, 2.24) is 4.90 Å². The van der Waals surface area contributed by atoms with Crippen LogP contribution in [0.4, 0.5) is 0 Å². The second kappa shape index (κ2) is 25.1. The number of esters is 1. The van der Waals surface area contributed by atoms with Crippen molar-refractivity contribution in [2.45, 2.75) is 180 Å². The fourth-order valence-electron chi connectivity index (χ4n) is 10.1. The molecule has 3 N–H and O–H groups in total. The molecular weight excluding hydrogens is 835 g/mol. The summed E-state index contributed by atoms with van der Waals surface area (Å²) in [6.07, 6.45) is 11.2. The molecule has 2 saturated heterocycles. The van der Waals surface area contributed by atoms with Gasteiger partial charge in [0.05, 0.1) is 24.4 Å². The van der Waals surface area contributed by atoms with Crippen molar-refractivity contribution in [2.24, 2.45) is 35.5 Å². The number of aliphatic hydroxyl groups excluding tert-OH is 2. The van der Waals surface area contributed by atoms with Crippen molar-refractivity contribution in [3.8, 4) is 0 Å². The minimum Gasteiger partial charge on any atom is -0.460 e. The normalized spacial score (nSPS) is 40.4. The second-order valence-corrected chi connectivity index (χ2v) is 19.6. The highest BCUT2D eigenvalue weighted by molar-refractivity contribution is 6.39. The fourth-order valence-corrected chi connectivity index (χ4v) is 10.1. The average molecular weight is 914 g/mol. The number of carbonyl (C=O) groups is 5. The minimum atomic E-state index is -2.43. The van der Waals surface area contributed by atoms with Crippen LogP contribution >= 0.6 is 0 Å². The Bertz CT molecular complexity index is 1760. The summed E-state index contributed by atoms with van der Waals surface area (Å²) in [6.45, 7) is 12.7. The molecule has 3 aliphatic heterocycles. The zero-order chi connectivity index (χ0) is 48.2. The molecule has 0 aromatic heterocycles. The van der Waals surface area contributed by atoms with Gasteiger partial charge in [0.15, 0.2) is 5.78 Å². The predicted octanol–water partition coefficient (Wildman–Crippen LogP) is 6.18. The van der Waals surface area contributed by atoms with Gasteiger partial charge in [-0.25, -0.2) is 4.79 Å². The first-order chi connectivity index (χ1) is 30.7. The van der Waals surface area contributed by atoms with Crippen molar-refractivity contribution in [3.63, 3.8) is 0 Å². The third-order valence-electron chi connectivity index (χ3n) is 14.5. The Morgan fingerprint density at radius 3 is 2.25 bits per heavy atom. The summed E-state index contributed by atoms with van der Waals surface area (Å²) >= 11 is 0. The maximum Gasteiger partial charge on any atom is 0.329 e. The van der Waals surface area contributed by atoms with Gasteiger partial charge in [-0.1, -0.05) is 71.1 Å². The number of nitrogens with zero attached hydrogens (tertiary/aromatic N) is 1. The van der Waals surface area contributed by atoms with Crippen molar-refractivity contribution in [2.75, 3.05) is 27.9 Å². The zero-order valence-corrected chi connectivity index (χ0v) is 40.6. The zero-order valence-electron chi connectivity index (χ0n) is 40.6. The lowest BCUT2D eigenvalue weighted by Crippen LogP contribution is -2.61. The van der Waals surface area contributed by atoms with E-state index < -0.39 is 83.9 Å². The van der Waals surface area contributed by atoms with Gasteiger partial charge >= 0.3 is 5.97 Å². The summed E-state index contributed by atoms with van der Waals surface area (Å²) < 4.78 is 29.4. The highest BCUT2D eigenvalue weighted by Crippen LogP contribution is 2.38. The Kier molecular flexibility index (Phi) is 21.0. The number of carbonyl (C=O) groups excluding carboxylic acids is 5. The number of hydrogen-bond acceptors (Lipinski definition) is 13. The lowest BCUT2D eigenvalue weighted by Gasteiger charge is -2.42. The molecule has 14 heteroatoms. The summed E-state index contributed by atoms with van der Waals surface area (Å²) in [7, 11) is 4.52. The number of hydrogen-bond donors (Lipinski definition) is 3. The van der Waals surface area contributed by atoms with Gasteiger partial charge in [0.25, 0.3) is 11.7 Å². The Morgan fingerprint density at radius 1 is 0.846 bits per heavy atom. The number of ketones is 3. The van der Waals surface area contributed by atoms with E-state index in [1.165, 1.54) is 12.0 Å². The van der Waals surface area contributed by atoms with Gasteiger partial charge in [0, 0.05) is 58.5 Å². The number of amides is 1. The SMILES string of the molecule is COC1CC(C[C@@H](C)[C@@H]2CC(=O)C(C)/C=C(\C)[C@@H](O)C(OC)C(=O)C(C)CC(C)/C=C/C=C/C=C(\C)[C@@H](OC)C[C@@H]3CCC(C)C(O)(O3)C(=O)C(=O)N3CCCCC3C(=O)O2)CC[C@H]1O. The van der Waals surface area contributed by atoms with Crippen molar-refractivity contribution >= 4 is 29.2 Å². The number of allylic oxidation sites excluding steroid dienone is 6. The molecule has 0 radical (unpaired) electrons. The highest BCUT2D eigenvalue weighted by atomic mass is 16.6. The summed E-state index contributed by atoms with van der Waals surface area (Å²) in [5.41, 5.74) is 1.27. The standard InChI is InChI=1S/C51H79NO13/c1-30-16-12-11-13-17-31(2)42(61-8)28-38-21-19-36(7)51(60,65-38)48(57)49(58)52-23-15-14-18-39(52)50(59)64-43(33(4)26-37-20-22-40(53)44(27-37)62-9)29-41(54)32(3)25-35(6)46(56)47(63-10)45(55)34(5)24-30/h11-13,16-17,25,30,32-34,36-40,42-44,46-47,53,56,60H,14-15,18-24,26-29H2,1-10H3/b13-11+,16-12+,31-17+,35-25+/t30?,32?,33-,34?,36?,37?,38+,39?,40-,42+,43+,44?,46-,47?,51?/m1/s1. The number of methoxy groups -OCH3 is 3. The summed E-state index contributed by atoms with van der Waals surface area (Å²) in [5, 5.41) is 33.8. The first-order valence-electron chi connectivity index (χ1n) is 23.9. The van der Waals surface area contributed by atoms with Gasteiger partial charge in [-0.15, -0.1) is 0 Å². The number of cyclic esters (lactones) is 1. The molecule has 3 heterocycles. The predicted molar refractivity (Wildman–Crippen MR) is 245 cm³/mol. The summed E-state index contributed by atoms with van der Waals surface area (Å²) in [6, 6.07) is -1.14. The molecule has 15 atom stereocenters. The average Bonchev–Trinajstić information content (AvgIpc) is 3.28. The molecule has 0 aromatic rings. The van der Waals surface area contributed by atoms with E-state index in [0.29, 0.717) is 63.4 Å². The van der Waals surface area contributed by atoms with Crippen molar-refractivity contribution in [1.29, 1.82) is 0 Å². The van der Waals surface area contributed by atoms with E-state index >= 15 is 0 Å². The molecule has 4 aliphatic rings. The van der Waals surface area contributed by atoms with Gasteiger partial charge in [-0.05, 0) is 107 Å². The molecule has 0 aromatic carbocycles. The van der Waals surface area contributed by atoms with Gasteiger partial charge < -0.3 is 43.9 Å². The van der Waals surface area contributed by atoms with Crippen LogP contribution in [-0.4, -0.2) is 132 Å². The van der Waals surface area contributed by atoms with Crippen LogP contribution in [0, 0.1) is 35.5 Å². The van der Waals surface area contributed by atoms with E-state index in [-0.39, 0.29) is 54.8 Å². The number of Topliss-reactive ketones (excluding diaryl/α,β-unsaturated/α-hetero) is 3. The molecule has 366 valence electrons. The molecule has 9 unspecified atom stereocenters. The molecule has 1 aliphatic carbocycles. The maximum absolute atomic E-state index is 14.4. The highest BCUT2D eigenvalue weighted by Gasteiger charge is 2.53. The molecule has 65 heavy (non-hydrogen) atoms. The van der Waals surface area contributed by atoms with E-state index in [0.717, 1.165) is 12.0 Å². The second-order valence-electron chi connectivity index (χ2n) is 19.6. The Balaban J connectivity index is 1.70. The van der Waals surface area contributed by atoms with Crippen LogP contribution in [0.5, 0.6) is 0 Å². The molecule has 4 rings (SSSR count). The van der Waals surface area contributed by atoms with Crippen LogP contribution in [0.25, 0.3) is 0 Å². The number of aliphatic hydroxyl groups is 3. The summed E-state index contributed by atoms with van der Waals surface area (Å²) in [4.78, 5) is 71.8. The van der Waals surface area contributed by atoms with Crippen LogP contribution in [0.2, 0.25) is 0 Å². The smallest absolute Gasteiger partial charge is 0.329 e. The number of piperidine rings is 1. The number of fused-ring (bicyclic) bond motifs is 3. The lowest BCUT2D eigenvalue weighted by molar-refractivity contribution is -0.265. The third-order valence-corrected chi connectivity index (χ3v) is 14.5. The van der Waals surface area contributed by atoms with E-state index in [2.05, 4.69) is 0 Å².